The van der Waals surface area contributed by atoms with E-state index in [0.717, 1.165) is 5.56 Å². The molecule has 0 spiro atoms. The van der Waals surface area contributed by atoms with Gasteiger partial charge in [0.2, 0.25) is 0 Å². The minimum Gasteiger partial charge on any atom is -0.392 e. The normalized spacial score (nSPS) is 9.77. The topological polar surface area (TPSA) is 49.3 Å². The van der Waals surface area contributed by atoms with Gasteiger partial charge in [0.25, 0.3) is 5.91 Å². The zero-order valence-corrected chi connectivity index (χ0v) is 9.33. The number of hydrogen-bond donors (Lipinski definition) is 2. The van der Waals surface area contributed by atoms with Crippen LogP contribution < -0.4 is 3.53 Å². The summed E-state index contributed by atoms with van der Waals surface area (Å²) in [6.07, 6.45) is 0. The molecule has 1 aromatic rings. The largest absolute Gasteiger partial charge is 0.392 e. The van der Waals surface area contributed by atoms with E-state index in [-0.39, 0.29) is 12.5 Å². The van der Waals surface area contributed by atoms with E-state index in [2.05, 4.69) is 3.53 Å². The number of aliphatic hydroxyl groups is 1. The van der Waals surface area contributed by atoms with E-state index >= 15 is 0 Å². The van der Waals surface area contributed by atoms with Crippen molar-refractivity contribution in [2.24, 2.45) is 0 Å². The number of hydrogen-bond acceptors (Lipinski definition) is 2. The summed E-state index contributed by atoms with van der Waals surface area (Å²) < 4.78 is 2.50. The van der Waals surface area contributed by atoms with Gasteiger partial charge in [-0.05, 0) is 18.6 Å². The third kappa shape index (κ3) is 2.41. The van der Waals surface area contributed by atoms with Crippen LogP contribution in [0.4, 0.5) is 0 Å². The van der Waals surface area contributed by atoms with Crippen LogP contribution in [0.25, 0.3) is 0 Å². The Hall–Kier alpha value is -0.620. The molecule has 0 heterocycles. The van der Waals surface area contributed by atoms with Gasteiger partial charge in [0, 0.05) is 5.56 Å². The van der Waals surface area contributed by atoms with Crippen molar-refractivity contribution in [2.45, 2.75) is 13.5 Å². The molecule has 0 aromatic heterocycles. The Labute approximate surface area is 90.7 Å². The van der Waals surface area contributed by atoms with Crippen molar-refractivity contribution < 1.29 is 9.90 Å². The van der Waals surface area contributed by atoms with Gasteiger partial charge in [-0.1, -0.05) is 17.7 Å². The summed E-state index contributed by atoms with van der Waals surface area (Å²) in [5, 5.41) is 9.00. The number of benzene rings is 1. The van der Waals surface area contributed by atoms with E-state index in [9.17, 15) is 4.79 Å². The fraction of sp³-hybridized carbons (Fsp3) is 0.222. The molecule has 1 amide bonds. The van der Waals surface area contributed by atoms with Gasteiger partial charge < -0.3 is 5.11 Å². The van der Waals surface area contributed by atoms with Crippen LogP contribution in [0.1, 0.15) is 21.5 Å². The van der Waals surface area contributed by atoms with Crippen molar-refractivity contribution in [3.63, 3.8) is 0 Å². The molecule has 0 saturated heterocycles. The highest BCUT2D eigenvalue weighted by molar-refractivity contribution is 14.1. The molecule has 3 nitrogen and oxygen atoms in total. The summed E-state index contributed by atoms with van der Waals surface area (Å²) in [4.78, 5) is 11.3. The number of nitrogens with one attached hydrogen (secondary N) is 1. The number of aryl methyl sites for hydroxylation is 1. The second-order valence-electron chi connectivity index (χ2n) is 2.74. The summed E-state index contributed by atoms with van der Waals surface area (Å²) in [6.45, 7) is 1.81. The summed E-state index contributed by atoms with van der Waals surface area (Å²) in [5.74, 6) is -0.176. The molecule has 13 heavy (non-hydrogen) atoms. The number of amides is 1. The Kier molecular flexibility index (Phi) is 3.68. The lowest BCUT2D eigenvalue weighted by atomic mass is 10.0. The van der Waals surface area contributed by atoms with Crippen molar-refractivity contribution in [3.05, 3.63) is 34.9 Å². The Bertz CT molecular complexity index is 325. The van der Waals surface area contributed by atoms with Crippen LogP contribution in [0.3, 0.4) is 0 Å². The maximum absolute atomic E-state index is 11.3. The molecule has 0 aliphatic carbocycles. The first kappa shape index (κ1) is 10.5. The average Bonchev–Trinajstić information content (AvgIpc) is 2.16. The molecule has 0 unspecified atom stereocenters. The first-order valence-corrected chi connectivity index (χ1v) is 4.88. The average molecular weight is 291 g/mol. The highest BCUT2D eigenvalue weighted by Gasteiger charge is 2.08. The van der Waals surface area contributed by atoms with E-state index in [0.29, 0.717) is 11.1 Å². The fourth-order valence-corrected chi connectivity index (χ4v) is 1.42. The van der Waals surface area contributed by atoms with Gasteiger partial charge in [-0.25, -0.2) is 0 Å². The van der Waals surface area contributed by atoms with E-state index in [1.165, 1.54) is 0 Å². The molecular weight excluding hydrogens is 281 g/mol. The Morgan fingerprint density at radius 2 is 2.31 bits per heavy atom. The summed E-state index contributed by atoms with van der Waals surface area (Å²) in [5.41, 5.74) is 2.23. The fourth-order valence-electron chi connectivity index (χ4n) is 1.13. The van der Waals surface area contributed by atoms with Gasteiger partial charge in [0.15, 0.2) is 0 Å². The summed E-state index contributed by atoms with van der Waals surface area (Å²) in [7, 11) is 0. The second-order valence-corrected chi connectivity index (χ2v) is 3.28. The van der Waals surface area contributed by atoms with Crippen molar-refractivity contribution in [3.8, 4) is 0 Å². The maximum Gasteiger partial charge on any atom is 0.260 e. The molecule has 0 bridgehead atoms. The molecule has 0 atom stereocenters. The van der Waals surface area contributed by atoms with E-state index in [1.54, 1.807) is 35.0 Å². The Morgan fingerprint density at radius 1 is 1.62 bits per heavy atom. The molecular formula is C9H10INO2. The van der Waals surface area contributed by atoms with Gasteiger partial charge >= 0.3 is 0 Å². The van der Waals surface area contributed by atoms with Gasteiger partial charge in [-0.3, -0.25) is 8.32 Å². The van der Waals surface area contributed by atoms with Crippen LogP contribution in [-0.2, 0) is 6.61 Å². The molecule has 0 saturated carbocycles. The monoisotopic (exact) mass is 291 g/mol. The molecule has 70 valence electrons. The quantitative estimate of drug-likeness (QED) is 0.642. The number of carbonyl (C=O) groups is 1. The smallest absolute Gasteiger partial charge is 0.260 e. The third-order valence-electron chi connectivity index (χ3n) is 1.76. The number of halogens is 1. The van der Waals surface area contributed by atoms with Crippen molar-refractivity contribution >= 4 is 28.8 Å². The third-order valence-corrected chi connectivity index (χ3v) is 2.25. The lowest BCUT2D eigenvalue weighted by molar-refractivity contribution is 0.0986. The Balaban J connectivity index is 3.13. The van der Waals surface area contributed by atoms with Gasteiger partial charge in [0.05, 0.1) is 29.5 Å². The molecule has 0 aliphatic heterocycles. The highest BCUT2D eigenvalue weighted by atomic mass is 127. The SMILES string of the molecule is Cc1ccc(C(=O)NI)c(CO)c1. The standard InChI is InChI=1S/C9H10INO2/c1-6-2-3-8(9(13)11-10)7(4-6)5-12/h2-4,12H,5H2,1H3,(H,11,13). The van der Waals surface area contributed by atoms with Crippen LogP contribution in [-0.4, -0.2) is 11.0 Å². The van der Waals surface area contributed by atoms with Crippen LogP contribution in [0.15, 0.2) is 18.2 Å². The molecule has 2 N–H and O–H groups in total. The van der Waals surface area contributed by atoms with E-state index in [4.69, 9.17) is 5.11 Å². The predicted octanol–water partition coefficient (Wildman–Crippen LogP) is 1.57. The first-order valence-electron chi connectivity index (χ1n) is 3.80. The summed E-state index contributed by atoms with van der Waals surface area (Å²) >= 11 is 1.78. The minimum atomic E-state index is -0.176. The van der Waals surface area contributed by atoms with Gasteiger partial charge in [-0.15, -0.1) is 0 Å². The molecule has 0 aliphatic rings. The van der Waals surface area contributed by atoms with Crippen molar-refractivity contribution in [1.29, 1.82) is 0 Å². The van der Waals surface area contributed by atoms with Gasteiger partial charge in [-0.2, -0.15) is 0 Å². The number of aliphatic hydroxyl groups excluding tert-OH is 1. The van der Waals surface area contributed by atoms with Gasteiger partial charge in [0.1, 0.15) is 0 Å². The van der Waals surface area contributed by atoms with Crippen molar-refractivity contribution in [1.82, 2.24) is 3.53 Å². The predicted molar refractivity (Wildman–Crippen MR) is 58.6 cm³/mol. The molecule has 0 fully saturated rings. The molecule has 0 radical (unpaired) electrons. The first-order chi connectivity index (χ1) is 6.19. The van der Waals surface area contributed by atoms with Crippen LogP contribution in [0, 0.1) is 6.92 Å². The van der Waals surface area contributed by atoms with E-state index in [1.807, 2.05) is 13.0 Å². The zero-order valence-electron chi connectivity index (χ0n) is 7.17. The van der Waals surface area contributed by atoms with E-state index < -0.39 is 0 Å². The maximum atomic E-state index is 11.3. The lowest BCUT2D eigenvalue weighted by Crippen LogP contribution is -2.14. The highest BCUT2D eigenvalue weighted by Crippen LogP contribution is 2.12. The number of carbonyl (C=O) groups excluding carboxylic acids is 1. The zero-order chi connectivity index (χ0) is 9.84. The molecule has 1 aromatic carbocycles. The minimum absolute atomic E-state index is 0.110. The molecule has 1 rings (SSSR count). The lowest BCUT2D eigenvalue weighted by Gasteiger charge is -2.05. The Morgan fingerprint density at radius 3 is 2.85 bits per heavy atom. The van der Waals surface area contributed by atoms with Crippen LogP contribution in [0.5, 0.6) is 0 Å². The summed E-state index contributed by atoms with van der Waals surface area (Å²) in [6, 6.07) is 5.37. The van der Waals surface area contributed by atoms with Crippen molar-refractivity contribution in [2.75, 3.05) is 0 Å². The second kappa shape index (κ2) is 4.57. The molecule has 4 heteroatoms. The van der Waals surface area contributed by atoms with Crippen LogP contribution >= 0.6 is 22.9 Å². The van der Waals surface area contributed by atoms with Crippen LogP contribution in [0.2, 0.25) is 0 Å². The number of rotatable bonds is 2.